The number of halogens is 2. The Labute approximate surface area is 74.7 Å². The van der Waals surface area contributed by atoms with Crippen molar-refractivity contribution in [1.82, 2.24) is 0 Å². The van der Waals surface area contributed by atoms with Crippen molar-refractivity contribution in [3.05, 3.63) is 0 Å². The van der Waals surface area contributed by atoms with E-state index in [1.54, 1.807) is 0 Å². The third-order valence-corrected chi connectivity index (χ3v) is 1.76. The van der Waals surface area contributed by atoms with E-state index < -0.39 is 18.2 Å². The third-order valence-electron chi connectivity index (χ3n) is 1.76. The molecular weight excluding hydrogens is 186 g/mol. The molecule has 0 radical (unpaired) electrons. The fourth-order valence-corrected chi connectivity index (χ4v) is 0.967. The van der Waals surface area contributed by atoms with Gasteiger partial charge >= 0.3 is 6.16 Å². The van der Waals surface area contributed by atoms with Crippen molar-refractivity contribution in [2.24, 2.45) is 0 Å². The Morgan fingerprint density at radius 1 is 1.38 bits per heavy atom. The zero-order valence-corrected chi connectivity index (χ0v) is 7.67. The van der Waals surface area contributed by atoms with Crippen molar-refractivity contribution < 1.29 is 27.7 Å². The second-order valence-electron chi connectivity index (χ2n) is 2.78. The van der Waals surface area contributed by atoms with Gasteiger partial charge in [-0.2, -0.15) is 0 Å². The van der Waals surface area contributed by atoms with Gasteiger partial charge in [0.1, 0.15) is 0 Å². The van der Waals surface area contributed by atoms with Gasteiger partial charge in [-0.05, 0) is 0 Å². The monoisotopic (exact) mass is 198 g/mol. The Balaban J connectivity index is 2.62. The van der Waals surface area contributed by atoms with Crippen LogP contribution in [0.5, 0.6) is 0 Å². The lowest BCUT2D eigenvalue weighted by molar-refractivity contribution is -0.456. The number of methoxy groups -OCH3 is 2. The van der Waals surface area contributed by atoms with Crippen LogP contribution in [-0.4, -0.2) is 39.0 Å². The average Bonchev–Trinajstić information content (AvgIpc) is 2.48. The largest absolute Gasteiger partial charge is 0.412 e. The minimum absolute atomic E-state index is 0.259. The molecule has 0 spiro atoms. The van der Waals surface area contributed by atoms with Crippen molar-refractivity contribution in [2.75, 3.05) is 20.8 Å². The highest BCUT2D eigenvalue weighted by atomic mass is 19.3. The molecule has 1 aliphatic rings. The van der Waals surface area contributed by atoms with Crippen LogP contribution in [0, 0.1) is 0 Å². The summed E-state index contributed by atoms with van der Waals surface area (Å²) < 4.78 is 44.4. The molecule has 1 atom stereocenters. The zero-order valence-electron chi connectivity index (χ0n) is 7.67. The van der Waals surface area contributed by atoms with Crippen LogP contribution in [0.15, 0.2) is 0 Å². The summed E-state index contributed by atoms with van der Waals surface area (Å²) in [4.78, 5) is 0. The minimum atomic E-state index is -2.97. The van der Waals surface area contributed by atoms with Gasteiger partial charge < -0.3 is 14.2 Å². The van der Waals surface area contributed by atoms with Crippen molar-refractivity contribution in [1.29, 1.82) is 0 Å². The molecule has 1 saturated heterocycles. The van der Waals surface area contributed by atoms with E-state index in [0.717, 1.165) is 6.92 Å². The highest BCUT2D eigenvalue weighted by Gasteiger charge is 2.51. The lowest BCUT2D eigenvalue weighted by Gasteiger charge is -2.24. The fourth-order valence-electron chi connectivity index (χ4n) is 0.967. The van der Waals surface area contributed by atoms with Gasteiger partial charge in [0, 0.05) is 21.1 Å². The summed E-state index contributed by atoms with van der Waals surface area (Å²) in [7, 11) is 2.50. The van der Waals surface area contributed by atoms with Gasteiger partial charge in [-0.1, -0.05) is 0 Å². The van der Waals surface area contributed by atoms with E-state index in [9.17, 15) is 8.78 Å². The Kier molecular flexibility index (Phi) is 2.86. The molecule has 0 N–H and O–H groups in total. The molecule has 1 aliphatic heterocycles. The van der Waals surface area contributed by atoms with Crippen LogP contribution in [-0.2, 0) is 18.9 Å². The van der Waals surface area contributed by atoms with Gasteiger partial charge in [-0.3, -0.25) is 4.74 Å². The zero-order chi connectivity index (χ0) is 10.1. The third kappa shape index (κ3) is 2.14. The molecule has 1 fully saturated rings. The lowest BCUT2D eigenvalue weighted by atomic mass is 10.2. The molecule has 13 heavy (non-hydrogen) atoms. The van der Waals surface area contributed by atoms with Gasteiger partial charge in [-0.15, -0.1) is 0 Å². The van der Waals surface area contributed by atoms with Crippen molar-refractivity contribution in [3.63, 3.8) is 0 Å². The van der Waals surface area contributed by atoms with E-state index in [1.165, 1.54) is 14.2 Å². The number of alkyl halides is 2. The first kappa shape index (κ1) is 10.8. The van der Waals surface area contributed by atoms with Crippen LogP contribution in [0.1, 0.15) is 6.92 Å². The summed E-state index contributed by atoms with van der Waals surface area (Å²) in [6.07, 6.45) is -3.11. The molecule has 0 aromatic heterocycles. The van der Waals surface area contributed by atoms with Crippen LogP contribution in [0.4, 0.5) is 8.78 Å². The highest BCUT2D eigenvalue weighted by Crippen LogP contribution is 2.33. The molecular formula is C7H12F2O4. The van der Waals surface area contributed by atoms with E-state index in [1.807, 2.05) is 0 Å². The number of hydrogen-bond donors (Lipinski definition) is 0. The maximum atomic E-state index is 12.7. The summed E-state index contributed by atoms with van der Waals surface area (Å²) >= 11 is 0. The predicted molar refractivity (Wildman–Crippen MR) is 38.2 cm³/mol. The van der Waals surface area contributed by atoms with Crippen LogP contribution < -0.4 is 0 Å². The quantitative estimate of drug-likeness (QED) is 0.633. The maximum absolute atomic E-state index is 12.7. The first-order valence-corrected chi connectivity index (χ1v) is 3.73. The number of hydrogen-bond acceptors (Lipinski definition) is 4. The Morgan fingerprint density at radius 3 is 2.15 bits per heavy atom. The first-order chi connectivity index (χ1) is 5.93. The standard InChI is InChI=1S/C7H12F2O4/c1-6(8,9)5-4-12-7(10-2,11-3)13-5/h5H,4H2,1-3H3. The van der Waals surface area contributed by atoms with Crippen molar-refractivity contribution in [2.45, 2.75) is 25.1 Å². The van der Waals surface area contributed by atoms with E-state index >= 15 is 0 Å². The van der Waals surface area contributed by atoms with Crippen LogP contribution in [0.25, 0.3) is 0 Å². The number of rotatable bonds is 3. The average molecular weight is 198 g/mol. The molecule has 0 aliphatic carbocycles. The molecule has 0 amide bonds. The Hall–Kier alpha value is -0.300. The Bertz CT molecular complexity index is 176. The summed E-state index contributed by atoms with van der Waals surface area (Å²) in [5.41, 5.74) is 0. The lowest BCUT2D eigenvalue weighted by Crippen LogP contribution is -2.39. The second-order valence-corrected chi connectivity index (χ2v) is 2.78. The Morgan fingerprint density at radius 2 is 1.92 bits per heavy atom. The predicted octanol–water partition coefficient (Wildman–Crippen LogP) is 0.961. The smallest absolute Gasteiger partial charge is 0.307 e. The first-order valence-electron chi connectivity index (χ1n) is 3.73. The van der Waals surface area contributed by atoms with Crippen LogP contribution >= 0.6 is 0 Å². The molecule has 4 nitrogen and oxygen atoms in total. The number of ether oxygens (including phenoxy) is 4. The van der Waals surface area contributed by atoms with E-state index in [-0.39, 0.29) is 6.61 Å². The summed E-state index contributed by atoms with van der Waals surface area (Å²) in [6.45, 7) is 0.494. The summed E-state index contributed by atoms with van der Waals surface area (Å²) in [5, 5.41) is 0. The van der Waals surface area contributed by atoms with Crippen molar-refractivity contribution in [3.8, 4) is 0 Å². The fraction of sp³-hybridized carbons (Fsp3) is 1.00. The van der Waals surface area contributed by atoms with Gasteiger partial charge in [0.15, 0.2) is 6.10 Å². The van der Waals surface area contributed by atoms with Gasteiger partial charge in [0.05, 0.1) is 6.61 Å². The normalized spacial score (nSPS) is 27.9. The molecule has 6 heteroatoms. The maximum Gasteiger partial charge on any atom is 0.412 e. The highest BCUT2D eigenvalue weighted by molar-refractivity contribution is 4.77. The molecule has 0 saturated carbocycles. The summed E-state index contributed by atoms with van der Waals surface area (Å²) in [6, 6.07) is 0. The van der Waals surface area contributed by atoms with E-state index in [2.05, 4.69) is 9.47 Å². The van der Waals surface area contributed by atoms with E-state index in [0.29, 0.717) is 0 Å². The molecule has 78 valence electrons. The summed E-state index contributed by atoms with van der Waals surface area (Å²) in [5.74, 6) is -2.97. The van der Waals surface area contributed by atoms with Crippen molar-refractivity contribution >= 4 is 0 Å². The SMILES string of the molecule is COC1(OC)OCC(C(C)(F)F)O1. The minimum Gasteiger partial charge on any atom is -0.307 e. The molecule has 1 unspecified atom stereocenters. The topological polar surface area (TPSA) is 36.9 Å². The van der Waals surface area contributed by atoms with Gasteiger partial charge in [0.2, 0.25) is 0 Å². The molecule has 0 bridgehead atoms. The molecule has 0 aromatic rings. The van der Waals surface area contributed by atoms with Crippen LogP contribution in [0.2, 0.25) is 0 Å². The van der Waals surface area contributed by atoms with Gasteiger partial charge in [-0.25, -0.2) is 8.78 Å². The molecule has 0 aromatic carbocycles. The molecule has 1 heterocycles. The molecule has 1 rings (SSSR count). The van der Waals surface area contributed by atoms with E-state index in [4.69, 9.17) is 9.47 Å². The second kappa shape index (κ2) is 3.45. The van der Waals surface area contributed by atoms with Crippen LogP contribution in [0.3, 0.4) is 0 Å². The van der Waals surface area contributed by atoms with Gasteiger partial charge in [0.25, 0.3) is 5.92 Å².